The zero-order valence-electron chi connectivity index (χ0n) is 8.74. The van der Waals surface area contributed by atoms with Gasteiger partial charge in [0.05, 0.1) is 18.7 Å². The maximum Gasteiger partial charge on any atom is 0.208 e. The highest BCUT2D eigenvalue weighted by Gasteiger charge is 2.07. The molecule has 2 rings (SSSR count). The summed E-state index contributed by atoms with van der Waals surface area (Å²) in [5.41, 5.74) is 7.00. The van der Waals surface area contributed by atoms with Crippen molar-refractivity contribution in [2.75, 3.05) is 7.11 Å². The van der Waals surface area contributed by atoms with Crippen LogP contribution in [0.2, 0.25) is 5.02 Å². The van der Waals surface area contributed by atoms with Crippen molar-refractivity contribution in [2.45, 2.75) is 6.54 Å². The lowest BCUT2D eigenvalue weighted by molar-refractivity contribution is 0.415. The molecule has 1 heterocycles. The molecule has 1 aromatic heterocycles. The van der Waals surface area contributed by atoms with Crippen molar-refractivity contribution in [3.63, 3.8) is 0 Å². The van der Waals surface area contributed by atoms with Gasteiger partial charge in [-0.05, 0) is 18.2 Å². The van der Waals surface area contributed by atoms with Gasteiger partial charge in [0.15, 0.2) is 0 Å². The van der Waals surface area contributed by atoms with Crippen LogP contribution in [-0.2, 0) is 6.54 Å². The van der Waals surface area contributed by atoms with E-state index in [0.29, 0.717) is 22.4 Å². The Labute approximate surface area is 98.0 Å². The van der Waals surface area contributed by atoms with Gasteiger partial charge in [-0.1, -0.05) is 11.6 Å². The van der Waals surface area contributed by atoms with E-state index in [4.69, 9.17) is 26.5 Å². The summed E-state index contributed by atoms with van der Waals surface area (Å²) >= 11 is 6.01. The van der Waals surface area contributed by atoms with Crippen molar-refractivity contribution in [1.29, 1.82) is 0 Å². The number of hydrogen-bond acceptors (Lipinski definition) is 4. The van der Waals surface area contributed by atoms with Crippen LogP contribution >= 0.6 is 11.6 Å². The smallest absolute Gasteiger partial charge is 0.208 e. The Hall–Kier alpha value is -1.52. The summed E-state index contributed by atoms with van der Waals surface area (Å²) in [5.74, 6) is 1.13. The molecule has 16 heavy (non-hydrogen) atoms. The van der Waals surface area contributed by atoms with Crippen LogP contribution in [-0.4, -0.2) is 12.1 Å². The predicted octanol–water partition coefficient (Wildman–Crippen LogP) is 2.46. The van der Waals surface area contributed by atoms with Gasteiger partial charge in [0.2, 0.25) is 5.89 Å². The van der Waals surface area contributed by atoms with Gasteiger partial charge in [-0.15, -0.1) is 0 Å². The summed E-state index contributed by atoms with van der Waals surface area (Å²) in [6.45, 7) is 0.282. The van der Waals surface area contributed by atoms with Crippen LogP contribution in [0.25, 0.3) is 11.3 Å². The van der Waals surface area contributed by atoms with Crippen molar-refractivity contribution in [3.05, 3.63) is 35.4 Å². The number of methoxy groups -OCH3 is 1. The summed E-state index contributed by atoms with van der Waals surface area (Å²) < 4.78 is 10.2. The zero-order chi connectivity index (χ0) is 11.5. The minimum Gasteiger partial charge on any atom is -0.495 e. The van der Waals surface area contributed by atoms with Crippen LogP contribution in [0.1, 0.15) is 5.89 Å². The Kier molecular flexibility index (Phi) is 3.12. The molecule has 5 heteroatoms. The summed E-state index contributed by atoms with van der Waals surface area (Å²) in [5, 5.41) is 0.539. The van der Waals surface area contributed by atoms with Crippen LogP contribution in [0.15, 0.2) is 28.9 Å². The molecule has 0 saturated carbocycles. The first-order valence-corrected chi connectivity index (χ1v) is 5.10. The third-order valence-electron chi connectivity index (χ3n) is 2.17. The van der Waals surface area contributed by atoms with Gasteiger partial charge in [-0.3, -0.25) is 0 Å². The first-order valence-electron chi connectivity index (χ1n) is 4.73. The molecule has 0 spiro atoms. The average Bonchev–Trinajstić information content (AvgIpc) is 2.77. The largest absolute Gasteiger partial charge is 0.495 e. The number of hydrogen-bond donors (Lipinski definition) is 1. The molecule has 0 radical (unpaired) electrons. The number of nitrogens with zero attached hydrogens (tertiary/aromatic N) is 1. The van der Waals surface area contributed by atoms with Gasteiger partial charge >= 0.3 is 0 Å². The van der Waals surface area contributed by atoms with Gasteiger partial charge in [0.1, 0.15) is 17.7 Å². The Balaban J connectivity index is 2.37. The van der Waals surface area contributed by atoms with E-state index < -0.39 is 0 Å². The minimum absolute atomic E-state index is 0.282. The molecular weight excluding hydrogens is 228 g/mol. The van der Waals surface area contributed by atoms with Gasteiger partial charge in [0, 0.05) is 5.56 Å². The third-order valence-corrected chi connectivity index (χ3v) is 2.47. The van der Waals surface area contributed by atoms with Crippen LogP contribution in [0.5, 0.6) is 5.75 Å². The van der Waals surface area contributed by atoms with E-state index in [-0.39, 0.29) is 6.54 Å². The number of rotatable bonds is 3. The van der Waals surface area contributed by atoms with E-state index in [1.807, 2.05) is 6.07 Å². The highest BCUT2D eigenvalue weighted by Crippen LogP contribution is 2.29. The first kappa shape index (κ1) is 11.0. The normalized spacial score (nSPS) is 10.4. The maximum atomic E-state index is 6.01. The molecule has 0 aliphatic heterocycles. The summed E-state index contributed by atoms with van der Waals surface area (Å²) in [6, 6.07) is 5.43. The van der Waals surface area contributed by atoms with E-state index in [1.165, 1.54) is 0 Å². The van der Waals surface area contributed by atoms with Crippen molar-refractivity contribution in [1.82, 2.24) is 4.98 Å². The predicted molar refractivity (Wildman–Crippen MR) is 61.4 cm³/mol. The molecule has 0 fully saturated rings. The van der Waals surface area contributed by atoms with E-state index in [1.54, 1.807) is 25.5 Å². The maximum absolute atomic E-state index is 6.01. The fraction of sp³-hybridized carbons (Fsp3) is 0.182. The lowest BCUT2D eigenvalue weighted by atomic mass is 10.2. The fourth-order valence-electron chi connectivity index (χ4n) is 1.36. The van der Waals surface area contributed by atoms with Gasteiger partial charge < -0.3 is 14.9 Å². The third kappa shape index (κ3) is 2.03. The minimum atomic E-state index is 0.282. The molecule has 4 nitrogen and oxygen atoms in total. The fourth-order valence-corrected chi connectivity index (χ4v) is 1.62. The van der Waals surface area contributed by atoms with Gasteiger partial charge in [0.25, 0.3) is 0 Å². The number of aromatic nitrogens is 1. The molecule has 0 bridgehead atoms. The Bertz CT molecular complexity index is 496. The summed E-state index contributed by atoms with van der Waals surface area (Å²) in [7, 11) is 1.57. The number of ether oxygens (including phenoxy) is 1. The SMILES string of the molecule is COc1ccc(-c2coc(CN)n2)cc1Cl. The van der Waals surface area contributed by atoms with Crippen LogP contribution in [0, 0.1) is 0 Å². The van der Waals surface area contributed by atoms with Gasteiger partial charge in [-0.25, -0.2) is 4.98 Å². The standard InChI is InChI=1S/C11H11ClN2O2/c1-15-10-3-2-7(4-8(10)12)9-6-16-11(5-13)14-9/h2-4,6H,5,13H2,1H3. The number of halogens is 1. The van der Waals surface area contributed by atoms with Crippen LogP contribution < -0.4 is 10.5 Å². The highest BCUT2D eigenvalue weighted by molar-refractivity contribution is 6.32. The number of nitrogens with two attached hydrogens (primary N) is 1. The summed E-state index contributed by atoms with van der Waals surface area (Å²) in [4.78, 5) is 4.20. The molecule has 84 valence electrons. The summed E-state index contributed by atoms with van der Waals surface area (Å²) in [6.07, 6.45) is 1.56. The Morgan fingerprint density at radius 1 is 1.50 bits per heavy atom. The Morgan fingerprint density at radius 2 is 2.31 bits per heavy atom. The van der Waals surface area contributed by atoms with Crippen molar-refractivity contribution in [3.8, 4) is 17.0 Å². The molecule has 1 aromatic carbocycles. The van der Waals surface area contributed by atoms with Gasteiger partial charge in [-0.2, -0.15) is 0 Å². The molecular formula is C11H11ClN2O2. The Morgan fingerprint density at radius 3 is 2.88 bits per heavy atom. The second kappa shape index (κ2) is 4.55. The first-order chi connectivity index (χ1) is 7.74. The second-order valence-electron chi connectivity index (χ2n) is 3.18. The van der Waals surface area contributed by atoms with Crippen LogP contribution in [0.3, 0.4) is 0 Å². The average molecular weight is 239 g/mol. The van der Waals surface area contributed by atoms with E-state index in [9.17, 15) is 0 Å². The topological polar surface area (TPSA) is 61.3 Å². The number of benzene rings is 1. The van der Waals surface area contributed by atoms with Crippen molar-refractivity contribution in [2.24, 2.45) is 5.73 Å². The molecule has 0 saturated heterocycles. The second-order valence-corrected chi connectivity index (χ2v) is 3.59. The van der Waals surface area contributed by atoms with Crippen LogP contribution in [0.4, 0.5) is 0 Å². The monoisotopic (exact) mass is 238 g/mol. The van der Waals surface area contributed by atoms with E-state index in [0.717, 1.165) is 5.56 Å². The molecule has 0 amide bonds. The molecule has 2 N–H and O–H groups in total. The number of oxazole rings is 1. The molecule has 0 atom stereocenters. The molecule has 0 aliphatic carbocycles. The van der Waals surface area contributed by atoms with Crippen molar-refractivity contribution >= 4 is 11.6 Å². The van der Waals surface area contributed by atoms with Crippen molar-refractivity contribution < 1.29 is 9.15 Å². The quantitative estimate of drug-likeness (QED) is 0.892. The van der Waals surface area contributed by atoms with E-state index in [2.05, 4.69) is 4.98 Å². The molecule has 2 aromatic rings. The van der Waals surface area contributed by atoms with E-state index >= 15 is 0 Å². The molecule has 0 unspecified atom stereocenters. The lowest BCUT2D eigenvalue weighted by Gasteiger charge is -2.03. The highest BCUT2D eigenvalue weighted by atomic mass is 35.5. The lowest BCUT2D eigenvalue weighted by Crippen LogP contribution is -1.95. The molecule has 0 aliphatic rings. The zero-order valence-corrected chi connectivity index (χ0v) is 9.49.